The van der Waals surface area contributed by atoms with E-state index in [-0.39, 0.29) is 17.7 Å². The molecule has 0 aliphatic heterocycles. The van der Waals surface area contributed by atoms with E-state index in [9.17, 15) is 22.4 Å². The number of carbonyl (C=O) groups excluding carboxylic acids is 1. The number of alkyl halides is 3. The molecule has 0 spiro atoms. The fourth-order valence-electron chi connectivity index (χ4n) is 4.05. The number of hydrogen-bond acceptors (Lipinski definition) is 3. The molecule has 3 nitrogen and oxygen atoms in total. The van der Waals surface area contributed by atoms with E-state index in [1.807, 2.05) is 32.1 Å². The van der Waals surface area contributed by atoms with Crippen molar-refractivity contribution in [3.05, 3.63) is 70.6 Å². The van der Waals surface area contributed by atoms with Crippen molar-refractivity contribution in [3.8, 4) is 11.1 Å². The Morgan fingerprint density at radius 1 is 1.18 bits per heavy atom. The molecule has 0 bridgehead atoms. The van der Waals surface area contributed by atoms with Gasteiger partial charge in [0.25, 0.3) is 0 Å². The second-order valence-electron chi connectivity index (χ2n) is 8.19. The predicted octanol–water partition coefficient (Wildman–Crippen LogP) is 6.98. The van der Waals surface area contributed by atoms with Crippen LogP contribution < -0.4 is 5.73 Å². The first-order valence-electron chi connectivity index (χ1n) is 11.0. The molecule has 2 rings (SSSR count). The lowest BCUT2D eigenvalue weighted by Crippen LogP contribution is -2.21. The monoisotopic (exact) mass is 465 g/mol. The first-order valence-corrected chi connectivity index (χ1v) is 11.0. The predicted molar refractivity (Wildman–Crippen MR) is 122 cm³/mol. The van der Waals surface area contributed by atoms with Crippen LogP contribution in [0.3, 0.4) is 0 Å². The van der Waals surface area contributed by atoms with E-state index >= 15 is 0 Å². The second-order valence-corrected chi connectivity index (χ2v) is 8.19. The molecule has 0 saturated carbocycles. The minimum absolute atomic E-state index is 0.0969. The van der Waals surface area contributed by atoms with Gasteiger partial charge in [-0.15, -0.1) is 6.58 Å². The number of benzene rings is 2. The van der Waals surface area contributed by atoms with Gasteiger partial charge >= 0.3 is 12.1 Å². The summed E-state index contributed by atoms with van der Waals surface area (Å²) in [6.45, 7) is 9.16. The third kappa shape index (κ3) is 6.90. The first-order chi connectivity index (χ1) is 15.5. The number of hydrogen-bond donors (Lipinski definition) is 1. The van der Waals surface area contributed by atoms with Gasteiger partial charge in [0.15, 0.2) is 0 Å². The summed E-state index contributed by atoms with van der Waals surface area (Å²) in [7, 11) is 0. The summed E-state index contributed by atoms with van der Waals surface area (Å²) in [5.74, 6) is -2.15. The average Bonchev–Trinajstić information content (AvgIpc) is 2.70. The molecule has 180 valence electrons. The molecule has 33 heavy (non-hydrogen) atoms. The van der Waals surface area contributed by atoms with Gasteiger partial charge in [-0.25, -0.2) is 4.39 Å². The van der Waals surface area contributed by atoms with E-state index in [0.29, 0.717) is 12.0 Å². The number of rotatable bonds is 10. The molecule has 7 heteroatoms. The molecule has 0 aliphatic carbocycles. The van der Waals surface area contributed by atoms with Crippen LogP contribution in [0.5, 0.6) is 0 Å². The van der Waals surface area contributed by atoms with E-state index in [1.165, 1.54) is 6.07 Å². The number of esters is 1. The smallest absolute Gasteiger partial charge is 0.419 e. The highest BCUT2D eigenvalue weighted by Crippen LogP contribution is 2.40. The number of unbranched alkanes of at least 4 members (excludes halogenated alkanes) is 2. The Bertz CT molecular complexity index is 999. The largest absolute Gasteiger partial charge is 0.466 e. The Morgan fingerprint density at radius 3 is 2.48 bits per heavy atom. The van der Waals surface area contributed by atoms with Gasteiger partial charge in [0.2, 0.25) is 0 Å². The standard InChI is InChI=1S/C26H31F4NO2/c1-5-7-8-9-10-18-12-16(3)11-17(4)24(18)19-13-20(22(31)15-23(32)33-6-2)25(27)21(14-19)26(28,29)30/h5,11-14,22H,1,6-10,15,31H2,2-4H3/t22-/m0/s1. The molecular formula is C26H31F4NO2. The maximum Gasteiger partial charge on any atom is 0.419 e. The summed E-state index contributed by atoms with van der Waals surface area (Å²) < 4.78 is 61.0. The highest BCUT2D eigenvalue weighted by molar-refractivity contribution is 5.74. The zero-order valence-corrected chi connectivity index (χ0v) is 19.3. The molecule has 0 radical (unpaired) electrons. The summed E-state index contributed by atoms with van der Waals surface area (Å²) in [6.07, 6.45) is -0.257. The molecule has 0 unspecified atom stereocenters. The Hall–Kier alpha value is -2.67. The number of ether oxygens (including phenoxy) is 1. The second kappa shape index (κ2) is 11.5. The third-order valence-electron chi connectivity index (χ3n) is 5.45. The van der Waals surface area contributed by atoms with E-state index in [2.05, 4.69) is 6.58 Å². The van der Waals surface area contributed by atoms with E-state index < -0.39 is 36.0 Å². The van der Waals surface area contributed by atoms with Gasteiger partial charge in [0.05, 0.1) is 18.6 Å². The summed E-state index contributed by atoms with van der Waals surface area (Å²) in [5, 5.41) is 0. The Balaban J connectivity index is 2.64. The topological polar surface area (TPSA) is 52.3 Å². The maximum atomic E-state index is 14.9. The first kappa shape index (κ1) is 26.6. The van der Waals surface area contributed by atoms with Crippen LogP contribution >= 0.6 is 0 Å². The fourth-order valence-corrected chi connectivity index (χ4v) is 4.05. The van der Waals surface area contributed by atoms with Crippen molar-refractivity contribution in [1.29, 1.82) is 0 Å². The Morgan fingerprint density at radius 2 is 1.88 bits per heavy atom. The zero-order chi connectivity index (χ0) is 24.8. The molecule has 0 aliphatic rings. The van der Waals surface area contributed by atoms with Crippen molar-refractivity contribution < 1.29 is 27.1 Å². The number of halogens is 4. The maximum absolute atomic E-state index is 14.9. The molecule has 0 fully saturated rings. The lowest BCUT2D eigenvalue weighted by Gasteiger charge is -2.21. The van der Waals surface area contributed by atoms with Gasteiger partial charge in [-0.3, -0.25) is 4.79 Å². The van der Waals surface area contributed by atoms with E-state index in [1.54, 1.807) is 6.92 Å². The summed E-state index contributed by atoms with van der Waals surface area (Å²) in [4.78, 5) is 11.8. The van der Waals surface area contributed by atoms with Crippen LogP contribution in [-0.4, -0.2) is 12.6 Å². The third-order valence-corrected chi connectivity index (χ3v) is 5.45. The molecule has 1 atom stereocenters. The molecular weight excluding hydrogens is 434 g/mol. The van der Waals surface area contributed by atoms with E-state index in [0.717, 1.165) is 42.0 Å². The van der Waals surface area contributed by atoms with Crippen molar-refractivity contribution in [2.75, 3.05) is 6.61 Å². The van der Waals surface area contributed by atoms with Crippen LogP contribution in [0.1, 0.15) is 66.5 Å². The zero-order valence-electron chi connectivity index (χ0n) is 19.3. The number of allylic oxidation sites excluding steroid dienone is 1. The van der Waals surface area contributed by atoms with Gasteiger partial charge in [-0.1, -0.05) is 23.8 Å². The molecule has 2 aromatic rings. The average molecular weight is 466 g/mol. The van der Waals surface area contributed by atoms with Crippen molar-refractivity contribution in [2.45, 2.75) is 65.1 Å². The Labute approximate surface area is 192 Å². The van der Waals surface area contributed by atoms with Crippen molar-refractivity contribution in [1.82, 2.24) is 0 Å². The van der Waals surface area contributed by atoms with Crippen molar-refractivity contribution in [3.63, 3.8) is 0 Å². The van der Waals surface area contributed by atoms with Crippen LogP contribution in [0.15, 0.2) is 36.9 Å². The van der Waals surface area contributed by atoms with Crippen molar-refractivity contribution in [2.24, 2.45) is 5.73 Å². The SMILES string of the molecule is C=CCCCCc1cc(C)cc(C)c1-c1cc([C@@H](N)CC(=O)OCC)c(F)c(C(F)(F)F)c1. The van der Waals surface area contributed by atoms with Gasteiger partial charge in [-0.05, 0) is 80.8 Å². The molecule has 0 amide bonds. The fraction of sp³-hybridized carbons (Fsp3) is 0.423. The molecule has 0 saturated heterocycles. The van der Waals surface area contributed by atoms with Gasteiger partial charge in [0, 0.05) is 11.6 Å². The van der Waals surface area contributed by atoms with Crippen LogP contribution in [0.2, 0.25) is 0 Å². The number of aryl methyl sites for hydroxylation is 3. The Kier molecular flexibility index (Phi) is 9.23. The lowest BCUT2D eigenvalue weighted by molar-refractivity contribution is -0.143. The molecule has 0 heterocycles. The summed E-state index contributed by atoms with van der Waals surface area (Å²) in [6, 6.07) is 4.73. The lowest BCUT2D eigenvalue weighted by atomic mass is 9.87. The van der Waals surface area contributed by atoms with Crippen LogP contribution in [0, 0.1) is 19.7 Å². The highest BCUT2D eigenvalue weighted by Gasteiger charge is 2.37. The van der Waals surface area contributed by atoms with Gasteiger partial charge in [0.1, 0.15) is 5.82 Å². The van der Waals surface area contributed by atoms with Crippen LogP contribution in [0.25, 0.3) is 11.1 Å². The quantitative estimate of drug-likeness (QED) is 0.178. The van der Waals surface area contributed by atoms with Crippen molar-refractivity contribution >= 4 is 5.97 Å². The van der Waals surface area contributed by atoms with Crippen LogP contribution in [-0.2, 0) is 22.1 Å². The minimum atomic E-state index is -4.92. The molecule has 2 aromatic carbocycles. The normalized spacial score (nSPS) is 12.5. The molecule has 2 N–H and O–H groups in total. The van der Waals surface area contributed by atoms with Gasteiger partial charge in [-0.2, -0.15) is 13.2 Å². The minimum Gasteiger partial charge on any atom is -0.466 e. The van der Waals surface area contributed by atoms with Gasteiger partial charge < -0.3 is 10.5 Å². The number of carbonyl (C=O) groups is 1. The van der Waals surface area contributed by atoms with Crippen LogP contribution in [0.4, 0.5) is 17.6 Å². The highest BCUT2D eigenvalue weighted by atomic mass is 19.4. The molecule has 0 aromatic heterocycles. The van der Waals surface area contributed by atoms with E-state index in [4.69, 9.17) is 10.5 Å². The summed E-state index contributed by atoms with van der Waals surface area (Å²) in [5.41, 5.74) is 7.77. The number of nitrogens with two attached hydrogens (primary N) is 1. The summed E-state index contributed by atoms with van der Waals surface area (Å²) >= 11 is 0.